The van der Waals surface area contributed by atoms with Gasteiger partial charge in [0.2, 0.25) is 0 Å². The molecule has 0 atom stereocenters. The first kappa shape index (κ1) is 11.9. The van der Waals surface area contributed by atoms with Crippen LogP contribution in [0.1, 0.15) is 5.69 Å². The number of hydrogen-bond donors (Lipinski definition) is 0. The first-order valence-electron chi connectivity index (χ1n) is 4.98. The van der Waals surface area contributed by atoms with E-state index >= 15 is 0 Å². The lowest BCUT2D eigenvalue weighted by Crippen LogP contribution is -1.87. The number of hydrogen-bond acceptors (Lipinski definition) is 3. The lowest BCUT2D eigenvalue weighted by molar-refractivity contribution is 0.628. The van der Waals surface area contributed by atoms with Crippen molar-refractivity contribution in [3.63, 3.8) is 0 Å². The maximum Gasteiger partial charge on any atom is 0.123 e. The summed E-state index contributed by atoms with van der Waals surface area (Å²) < 4.78 is 13.5. The van der Waals surface area contributed by atoms with Gasteiger partial charge in [-0.1, -0.05) is 0 Å². The minimum Gasteiger partial charge on any atom is -0.258 e. The van der Waals surface area contributed by atoms with Gasteiger partial charge in [0.25, 0.3) is 0 Å². The molecule has 0 bridgehead atoms. The molecule has 2 rings (SSSR count). The third-order valence-electron chi connectivity index (χ3n) is 2.07. The lowest BCUT2D eigenvalue weighted by Gasteiger charge is -1.97. The topological polar surface area (TPSA) is 37.6 Å². The monoisotopic (exact) mass is 293 g/mol. The SMILES string of the molecule is Fc1ccc(N=NCc2ncccc2Br)cc1. The molecule has 1 aromatic heterocycles. The summed E-state index contributed by atoms with van der Waals surface area (Å²) in [6.45, 7) is 0.388. The van der Waals surface area contributed by atoms with Crippen LogP contribution < -0.4 is 0 Å². The summed E-state index contributed by atoms with van der Waals surface area (Å²) in [7, 11) is 0. The van der Waals surface area contributed by atoms with Crippen LogP contribution in [0.3, 0.4) is 0 Å². The van der Waals surface area contributed by atoms with Gasteiger partial charge in [0, 0.05) is 10.7 Å². The molecular weight excluding hydrogens is 285 g/mol. The van der Waals surface area contributed by atoms with Gasteiger partial charge in [-0.2, -0.15) is 10.2 Å². The van der Waals surface area contributed by atoms with Gasteiger partial charge in [-0.25, -0.2) is 4.39 Å². The Bertz CT molecular complexity index is 526. The third-order valence-corrected chi connectivity index (χ3v) is 2.79. The fourth-order valence-electron chi connectivity index (χ4n) is 1.23. The normalized spacial score (nSPS) is 10.9. The largest absolute Gasteiger partial charge is 0.258 e. The average Bonchev–Trinajstić information content (AvgIpc) is 2.34. The van der Waals surface area contributed by atoms with Crippen molar-refractivity contribution >= 4 is 21.6 Å². The maximum atomic E-state index is 12.6. The zero-order valence-electron chi connectivity index (χ0n) is 8.85. The molecule has 0 radical (unpaired) electrons. The molecule has 0 aliphatic heterocycles. The van der Waals surface area contributed by atoms with Crippen LogP contribution in [0.4, 0.5) is 10.1 Å². The summed E-state index contributed by atoms with van der Waals surface area (Å²) in [5, 5.41) is 7.99. The van der Waals surface area contributed by atoms with Gasteiger partial charge in [0.05, 0.1) is 11.4 Å². The molecule has 1 heterocycles. The first-order valence-corrected chi connectivity index (χ1v) is 5.77. The molecule has 0 spiro atoms. The molecule has 0 saturated carbocycles. The van der Waals surface area contributed by atoms with Gasteiger partial charge >= 0.3 is 0 Å². The van der Waals surface area contributed by atoms with Crippen molar-refractivity contribution in [1.29, 1.82) is 0 Å². The van der Waals surface area contributed by atoms with Crippen LogP contribution >= 0.6 is 15.9 Å². The highest BCUT2D eigenvalue weighted by Crippen LogP contribution is 2.16. The van der Waals surface area contributed by atoms with Crippen LogP contribution in [-0.4, -0.2) is 4.98 Å². The number of nitrogens with zero attached hydrogens (tertiary/aromatic N) is 3. The van der Waals surface area contributed by atoms with Crippen molar-refractivity contribution in [2.75, 3.05) is 0 Å². The van der Waals surface area contributed by atoms with Crippen molar-refractivity contribution in [2.24, 2.45) is 10.2 Å². The van der Waals surface area contributed by atoms with Gasteiger partial charge in [-0.3, -0.25) is 4.98 Å². The molecule has 1 aromatic carbocycles. The van der Waals surface area contributed by atoms with E-state index in [1.165, 1.54) is 12.1 Å². The van der Waals surface area contributed by atoms with E-state index in [0.29, 0.717) is 12.2 Å². The fraction of sp³-hybridized carbons (Fsp3) is 0.0833. The second kappa shape index (κ2) is 5.63. The summed E-state index contributed by atoms with van der Waals surface area (Å²) in [5.74, 6) is -0.281. The number of rotatable bonds is 3. The standard InChI is InChI=1S/C12H9BrFN3/c13-11-2-1-7-15-12(11)8-16-17-10-5-3-9(14)4-6-10/h1-7H,8H2. The van der Waals surface area contributed by atoms with Crippen molar-refractivity contribution in [2.45, 2.75) is 6.54 Å². The van der Waals surface area contributed by atoms with E-state index in [1.54, 1.807) is 18.3 Å². The molecule has 0 amide bonds. The van der Waals surface area contributed by atoms with Crippen LogP contribution in [0.5, 0.6) is 0 Å². The molecule has 0 aliphatic carbocycles. The minimum absolute atomic E-state index is 0.281. The lowest BCUT2D eigenvalue weighted by atomic mass is 10.3. The quantitative estimate of drug-likeness (QED) is 0.779. The van der Waals surface area contributed by atoms with Crippen molar-refractivity contribution < 1.29 is 4.39 Å². The zero-order valence-corrected chi connectivity index (χ0v) is 10.4. The molecule has 2 aromatic rings. The Hall–Kier alpha value is -1.62. The maximum absolute atomic E-state index is 12.6. The Labute approximate surface area is 107 Å². The number of pyridine rings is 1. The highest BCUT2D eigenvalue weighted by molar-refractivity contribution is 9.10. The number of halogens is 2. The second-order valence-electron chi connectivity index (χ2n) is 3.31. The molecule has 0 aliphatic rings. The highest BCUT2D eigenvalue weighted by atomic mass is 79.9. The molecule has 0 saturated heterocycles. The highest BCUT2D eigenvalue weighted by Gasteiger charge is 1.98. The van der Waals surface area contributed by atoms with Crippen molar-refractivity contribution in [3.8, 4) is 0 Å². The number of azo groups is 1. The van der Waals surface area contributed by atoms with Crippen LogP contribution in [0.15, 0.2) is 57.3 Å². The van der Waals surface area contributed by atoms with Gasteiger partial charge in [-0.15, -0.1) is 0 Å². The molecule has 0 unspecified atom stereocenters. The zero-order chi connectivity index (χ0) is 12.1. The Kier molecular flexibility index (Phi) is 3.93. The molecule has 17 heavy (non-hydrogen) atoms. The van der Waals surface area contributed by atoms with Crippen LogP contribution in [0.2, 0.25) is 0 Å². The van der Waals surface area contributed by atoms with E-state index in [1.807, 2.05) is 12.1 Å². The summed E-state index contributed by atoms with van der Waals surface area (Å²) in [5.41, 5.74) is 1.44. The third kappa shape index (κ3) is 3.42. The minimum atomic E-state index is -0.281. The van der Waals surface area contributed by atoms with Crippen LogP contribution in [-0.2, 0) is 6.54 Å². The van der Waals surface area contributed by atoms with Gasteiger partial charge in [0.15, 0.2) is 0 Å². The molecule has 0 N–H and O–H groups in total. The van der Waals surface area contributed by atoms with Crippen LogP contribution in [0, 0.1) is 5.82 Å². The summed E-state index contributed by atoms with van der Waals surface area (Å²) in [6.07, 6.45) is 1.70. The van der Waals surface area contributed by atoms with E-state index in [4.69, 9.17) is 0 Å². The summed E-state index contributed by atoms with van der Waals surface area (Å²) >= 11 is 3.38. The first-order chi connectivity index (χ1) is 8.25. The second-order valence-corrected chi connectivity index (χ2v) is 4.16. The van der Waals surface area contributed by atoms with Crippen LogP contribution in [0.25, 0.3) is 0 Å². The molecular formula is C12H9BrFN3. The number of benzene rings is 1. The Balaban J connectivity index is 2.03. The van der Waals surface area contributed by atoms with Gasteiger partial charge in [0.1, 0.15) is 12.4 Å². The smallest absolute Gasteiger partial charge is 0.123 e. The Morgan fingerprint density at radius 1 is 1.18 bits per heavy atom. The van der Waals surface area contributed by atoms with Gasteiger partial charge in [-0.05, 0) is 52.3 Å². The molecule has 0 fully saturated rings. The van der Waals surface area contributed by atoms with E-state index in [2.05, 4.69) is 31.1 Å². The Morgan fingerprint density at radius 3 is 2.65 bits per heavy atom. The Morgan fingerprint density at radius 2 is 1.94 bits per heavy atom. The predicted molar refractivity (Wildman–Crippen MR) is 66.6 cm³/mol. The fourth-order valence-corrected chi connectivity index (χ4v) is 1.61. The van der Waals surface area contributed by atoms with Crippen molar-refractivity contribution in [3.05, 3.63) is 58.6 Å². The average molecular weight is 294 g/mol. The molecule has 3 nitrogen and oxygen atoms in total. The predicted octanol–water partition coefficient (Wildman–Crippen LogP) is 4.27. The van der Waals surface area contributed by atoms with Gasteiger partial charge < -0.3 is 0 Å². The summed E-state index contributed by atoms with van der Waals surface area (Å²) in [4.78, 5) is 4.16. The van der Waals surface area contributed by atoms with E-state index in [9.17, 15) is 4.39 Å². The molecule has 5 heteroatoms. The van der Waals surface area contributed by atoms with E-state index in [-0.39, 0.29) is 5.82 Å². The number of aromatic nitrogens is 1. The summed E-state index contributed by atoms with van der Waals surface area (Å²) in [6, 6.07) is 9.59. The molecule has 86 valence electrons. The van der Waals surface area contributed by atoms with Crippen molar-refractivity contribution in [1.82, 2.24) is 4.98 Å². The van der Waals surface area contributed by atoms with E-state index in [0.717, 1.165) is 10.2 Å². The van der Waals surface area contributed by atoms with E-state index < -0.39 is 0 Å².